The first-order valence-electron chi connectivity index (χ1n) is 9.74. The van der Waals surface area contributed by atoms with E-state index in [2.05, 4.69) is 10.1 Å². The summed E-state index contributed by atoms with van der Waals surface area (Å²) in [6, 6.07) is 3.46. The van der Waals surface area contributed by atoms with E-state index in [4.69, 9.17) is 18.4 Å². The topological polar surface area (TPSA) is 108 Å². The van der Waals surface area contributed by atoms with Crippen molar-refractivity contribution in [2.45, 2.75) is 33.8 Å². The summed E-state index contributed by atoms with van der Waals surface area (Å²) in [5.74, 6) is 0.508. The molecule has 3 aromatic rings. The number of carbonyl (C=O) groups is 2. The number of rotatable bonds is 4. The number of morpholine rings is 1. The average Bonchev–Trinajstić information content (AvgIpc) is 3.26. The molecule has 0 aliphatic carbocycles. The number of hydrogen-bond acceptors (Lipinski definition) is 8. The molecule has 9 heteroatoms. The van der Waals surface area contributed by atoms with Crippen LogP contribution in [0.25, 0.3) is 22.4 Å². The summed E-state index contributed by atoms with van der Waals surface area (Å²) in [4.78, 5) is 31.4. The molecule has 1 aliphatic heterocycles. The summed E-state index contributed by atoms with van der Waals surface area (Å²) in [6.45, 7) is 8.35. The first-order valence-corrected chi connectivity index (χ1v) is 9.74. The number of pyridine rings is 1. The molecule has 0 bridgehead atoms. The van der Waals surface area contributed by atoms with Crippen LogP contribution in [0.2, 0.25) is 0 Å². The number of hydrogen-bond donors (Lipinski definition) is 0. The Morgan fingerprint density at radius 3 is 2.77 bits per heavy atom. The van der Waals surface area contributed by atoms with Gasteiger partial charge in [-0.1, -0.05) is 5.16 Å². The second-order valence-corrected chi connectivity index (χ2v) is 7.43. The highest BCUT2D eigenvalue weighted by molar-refractivity contribution is 6.04. The van der Waals surface area contributed by atoms with Crippen molar-refractivity contribution in [2.24, 2.45) is 0 Å². The van der Waals surface area contributed by atoms with Crippen LogP contribution < -0.4 is 0 Å². The van der Waals surface area contributed by atoms with Crippen molar-refractivity contribution in [1.82, 2.24) is 15.0 Å². The maximum Gasteiger partial charge on any atom is 0.339 e. The van der Waals surface area contributed by atoms with E-state index in [9.17, 15) is 9.59 Å². The standard InChI is InChI=1S/C21H23N3O6/c1-11-7-15(14(4)29-11)17-8-16(19-13(3)23-30-20(19)22-17)21(26)28-10-18(25)24-5-6-27-12(2)9-24/h7-8,12H,5-6,9-10H2,1-4H3. The van der Waals surface area contributed by atoms with Gasteiger partial charge >= 0.3 is 5.97 Å². The number of nitrogens with zero attached hydrogens (tertiary/aromatic N) is 3. The van der Waals surface area contributed by atoms with Gasteiger partial charge in [0.2, 0.25) is 0 Å². The highest BCUT2D eigenvalue weighted by Gasteiger charge is 2.25. The van der Waals surface area contributed by atoms with Gasteiger partial charge in [0, 0.05) is 18.7 Å². The average molecular weight is 413 g/mol. The zero-order chi connectivity index (χ0) is 21.4. The van der Waals surface area contributed by atoms with E-state index in [-0.39, 0.29) is 29.9 Å². The predicted octanol–water partition coefficient (Wildman–Crippen LogP) is 2.81. The molecule has 4 heterocycles. The van der Waals surface area contributed by atoms with Gasteiger partial charge in [0.15, 0.2) is 6.61 Å². The van der Waals surface area contributed by atoms with Gasteiger partial charge in [-0.25, -0.2) is 9.78 Å². The van der Waals surface area contributed by atoms with Crippen molar-refractivity contribution >= 4 is 23.0 Å². The Morgan fingerprint density at radius 2 is 2.07 bits per heavy atom. The quantitative estimate of drug-likeness (QED) is 0.601. The molecule has 0 radical (unpaired) electrons. The van der Waals surface area contributed by atoms with Crippen LogP contribution >= 0.6 is 0 Å². The summed E-state index contributed by atoms with van der Waals surface area (Å²) in [7, 11) is 0. The van der Waals surface area contributed by atoms with Gasteiger partial charge in [-0.05, 0) is 39.8 Å². The summed E-state index contributed by atoms with van der Waals surface area (Å²) in [6.07, 6.45) is -0.0397. The van der Waals surface area contributed by atoms with E-state index in [1.807, 2.05) is 26.8 Å². The minimum Gasteiger partial charge on any atom is -0.466 e. The summed E-state index contributed by atoms with van der Waals surface area (Å²) >= 11 is 0. The van der Waals surface area contributed by atoms with Crippen LogP contribution in [-0.2, 0) is 14.3 Å². The van der Waals surface area contributed by atoms with Crippen LogP contribution in [0.1, 0.15) is 34.5 Å². The first-order chi connectivity index (χ1) is 14.3. The van der Waals surface area contributed by atoms with E-state index in [1.54, 1.807) is 17.9 Å². The van der Waals surface area contributed by atoms with Gasteiger partial charge in [0.1, 0.15) is 11.5 Å². The van der Waals surface area contributed by atoms with E-state index >= 15 is 0 Å². The van der Waals surface area contributed by atoms with Gasteiger partial charge in [0.25, 0.3) is 11.6 Å². The number of carbonyl (C=O) groups excluding carboxylic acids is 2. The van der Waals surface area contributed by atoms with Gasteiger partial charge in [-0.2, -0.15) is 0 Å². The van der Waals surface area contributed by atoms with E-state index < -0.39 is 5.97 Å². The van der Waals surface area contributed by atoms with Gasteiger partial charge < -0.3 is 23.3 Å². The summed E-state index contributed by atoms with van der Waals surface area (Å²) < 4.78 is 21.7. The maximum atomic E-state index is 12.9. The molecule has 1 atom stereocenters. The highest BCUT2D eigenvalue weighted by atomic mass is 16.5. The number of aryl methyl sites for hydroxylation is 3. The second kappa shape index (κ2) is 7.91. The zero-order valence-corrected chi connectivity index (χ0v) is 17.4. The minimum absolute atomic E-state index is 0.0397. The number of ether oxygens (including phenoxy) is 2. The van der Waals surface area contributed by atoms with E-state index in [0.29, 0.717) is 42.2 Å². The third-order valence-electron chi connectivity index (χ3n) is 5.07. The van der Waals surface area contributed by atoms with Crippen LogP contribution in [-0.4, -0.2) is 59.3 Å². The number of furan rings is 1. The molecule has 1 fully saturated rings. The maximum absolute atomic E-state index is 12.9. The van der Waals surface area contributed by atoms with Crippen LogP contribution in [0.15, 0.2) is 21.1 Å². The predicted molar refractivity (Wildman–Crippen MR) is 106 cm³/mol. The second-order valence-electron chi connectivity index (χ2n) is 7.43. The molecule has 0 saturated carbocycles. The van der Waals surface area contributed by atoms with Gasteiger partial charge in [0.05, 0.1) is 35.0 Å². The smallest absolute Gasteiger partial charge is 0.339 e. The lowest BCUT2D eigenvalue weighted by atomic mass is 10.1. The summed E-state index contributed by atoms with van der Waals surface area (Å²) in [5.41, 5.74) is 2.24. The SMILES string of the molecule is Cc1cc(-c2cc(C(=O)OCC(=O)N3CCOC(C)C3)c3c(C)noc3n2)c(C)o1. The molecule has 1 amide bonds. The Labute approximate surface area is 172 Å². The molecule has 30 heavy (non-hydrogen) atoms. The lowest BCUT2D eigenvalue weighted by Crippen LogP contribution is -2.46. The van der Waals surface area contributed by atoms with Crippen molar-refractivity contribution in [3.63, 3.8) is 0 Å². The Hall–Kier alpha value is -3.20. The molecule has 3 aromatic heterocycles. The molecule has 1 unspecified atom stereocenters. The fraction of sp³-hybridized carbons (Fsp3) is 0.429. The lowest BCUT2D eigenvalue weighted by Gasteiger charge is -2.30. The molecule has 4 rings (SSSR count). The first kappa shape index (κ1) is 20.1. The largest absolute Gasteiger partial charge is 0.466 e. The van der Waals surface area contributed by atoms with Crippen molar-refractivity contribution in [3.05, 3.63) is 34.9 Å². The zero-order valence-electron chi connectivity index (χ0n) is 17.4. The van der Waals surface area contributed by atoms with Gasteiger partial charge in [-0.15, -0.1) is 0 Å². The highest BCUT2D eigenvalue weighted by Crippen LogP contribution is 2.30. The molecule has 0 N–H and O–H groups in total. The summed E-state index contributed by atoms with van der Waals surface area (Å²) in [5, 5.41) is 4.39. The van der Waals surface area contributed by atoms with Crippen LogP contribution in [0, 0.1) is 20.8 Å². The molecular formula is C21H23N3O6. The van der Waals surface area contributed by atoms with Crippen molar-refractivity contribution in [3.8, 4) is 11.3 Å². The molecule has 0 spiro atoms. The lowest BCUT2D eigenvalue weighted by molar-refractivity contribution is -0.141. The number of aromatic nitrogens is 2. The molecule has 9 nitrogen and oxygen atoms in total. The number of amides is 1. The van der Waals surface area contributed by atoms with Crippen LogP contribution in [0.5, 0.6) is 0 Å². The van der Waals surface area contributed by atoms with Crippen LogP contribution in [0.3, 0.4) is 0 Å². The van der Waals surface area contributed by atoms with Crippen molar-refractivity contribution < 1.29 is 28.0 Å². The Bertz CT molecular complexity index is 1120. The van der Waals surface area contributed by atoms with Crippen LogP contribution in [0.4, 0.5) is 0 Å². The third-order valence-corrected chi connectivity index (χ3v) is 5.07. The fourth-order valence-corrected chi connectivity index (χ4v) is 3.62. The molecule has 0 aromatic carbocycles. The molecule has 1 aliphatic rings. The Balaban J connectivity index is 1.60. The monoisotopic (exact) mass is 413 g/mol. The normalized spacial score (nSPS) is 16.8. The Kier molecular flexibility index (Phi) is 5.29. The van der Waals surface area contributed by atoms with Crippen molar-refractivity contribution in [1.29, 1.82) is 0 Å². The molecule has 158 valence electrons. The van der Waals surface area contributed by atoms with Gasteiger partial charge in [-0.3, -0.25) is 4.79 Å². The fourth-order valence-electron chi connectivity index (χ4n) is 3.62. The third kappa shape index (κ3) is 3.80. The number of fused-ring (bicyclic) bond motifs is 1. The molecule has 1 saturated heterocycles. The van der Waals surface area contributed by atoms with Crippen molar-refractivity contribution in [2.75, 3.05) is 26.3 Å². The Morgan fingerprint density at radius 1 is 1.27 bits per heavy atom. The number of esters is 1. The molecular weight excluding hydrogens is 390 g/mol. The minimum atomic E-state index is -0.637. The van der Waals surface area contributed by atoms with E-state index in [0.717, 1.165) is 11.3 Å². The van der Waals surface area contributed by atoms with E-state index in [1.165, 1.54) is 0 Å².